The van der Waals surface area contributed by atoms with E-state index >= 15 is 0 Å². The zero-order chi connectivity index (χ0) is 15.8. The van der Waals surface area contributed by atoms with Crippen LogP contribution in [0.1, 0.15) is 35.6 Å². The van der Waals surface area contributed by atoms with Crippen LogP contribution in [0.25, 0.3) is 5.65 Å². The Morgan fingerprint density at radius 1 is 1.38 bits per heavy atom. The maximum atomic E-state index is 12.2. The summed E-state index contributed by atoms with van der Waals surface area (Å²) >= 11 is 0. The van der Waals surface area contributed by atoms with E-state index in [1.165, 1.54) is 6.20 Å². The van der Waals surface area contributed by atoms with E-state index in [2.05, 4.69) is 15.4 Å². The van der Waals surface area contributed by atoms with Crippen LogP contribution in [0.5, 0.6) is 0 Å². The second-order valence-electron chi connectivity index (χ2n) is 5.68. The van der Waals surface area contributed by atoms with Crippen molar-refractivity contribution in [3.8, 4) is 0 Å². The summed E-state index contributed by atoms with van der Waals surface area (Å²) in [5, 5.41) is 16.0. The molecule has 7 nitrogen and oxygen atoms in total. The van der Waals surface area contributed by atoms with E-state index in [0.29, 0.717) is 16.9 Å². The Morgan fingerprint density at radius 2 is 2.05 bits per heavy atom. The number of aromatic nitrogens is 3. The summed E-state index contributed by atoms with van der Waals surface area (Å²) in [6.45, 7) is 6.78. The lowest BCUT2D eigenvalue weighted by molar-refractivity contribution is -0.146. The quantitative estimate of drug-likeness (QED) is 0.881. The van der Waals surface area contributed by atoms with Gasteiger partial charge in [0.1, 0.15) is 0 Å². The normalized spacial score (nSPS) is 11.6. The molecule has 0 aromatic carbocycles. The maximum Gasteiger partial charge on any atom is 0.310 e. The number of carbonyl (C=O) groups is 2. The molecule has 0 aliphatic carbocycles. The van der Waals surface area contributed by atoms with Crippen molar-refractivity contribution in [3.05, 3.63) is 29.2 Å². The summed E-state index contributed by atoms with van der Waals surface area (Å²) in [6.07, 6.45) is 1.48. The third kappa shape index (κ3) is 2.86. The van der Waals surface area contributed by atoms with E-state index in [0.717, 1.165) is 5.69 Å². The second kappa shape index (κ2) is 5.16. The Labute approximate surface area is 122 Å². The van der Waals surface area contributed by atoms with Crippen LogP contribution >= 0.6 is 0 Å². The maximum absolute atomic E-state index is 12.2. The summed E-state index contributed by atoms with van der Waals surface area (Å²) in [6, 6.07) is 1.82. The Morgan fingerprint density at radius 3 is 2.67 bits per heavy atom. The highest BCUT2D eigenvalue weighted by Crippen LogP contribution is 2.15. The van der Waals surface area contributed by atoms with Crippen LogP contribution in [0.3, 0.4) is 0 Å². The third-order valence-corrected chi connectivity index (χ3v) is 3.36. The molecule has 2 heterocycles. The highest BCUT2D eigenvalue weighted by atomic mass is 16.4. The van der Waals surface area contributed by atoms with Crippen molar-refractivity contribution in [1.82, 2.24) is 19.9 Å². The number of aliphatic carboxylic acids is 1. The second-order valence-corrected chi connectivity index (χ2v) is 5.68. The van der Waals surface area contributed by atoms with Crippen molar-refractivity contribution < 1.29 is 14.7 Å². The van der Waals surface area contributed by atoms with Gasteiger partial charge in [-0.1, -0.05) is 0 Å². The molecule has 0 saturated carbocycles. The van der Waals surface area contributed by atoms with E-state index in [-0.39, 0.29) is 12.5 Å². The molecule has 21 heavy (non-hydrogen) atoms. The molecular weight excluding hydrogens is 272 g/mol. The van der Waals surface area contributed by atoms with Gasteiger partial charge in [-0.25, -0.2) is 9.50 Å². The zero-order valence-corrected chi connectivity index (χ0v) is 12.5. The molecule has 2 aromatic heterocycles. The number of hydrogen-bond donors (Lipinski definition) is 2. The van der Waals surface area contributed by atoms with E-state index in [9.17, 15) is 9.59 Å². The molecule has 0 atom stereocenters. The van der Waals surface area contributed by atoms with E-state index < -0.39 is 11.4 Å². The molecular formula is C14H18N4O3. The Hall–Kier alpha value is -2.44. The third-order valence-electron chi connectivity index (χ3n) is 3.36. The number of carbonyl (C=O) groups excluding carboxylic acids is 1. The fourth-order valence-electron chi connectivity index (χ4n) is 1.86. The smallest absolute Gasteiger partial charge is 0.310 e. The summed E-state index contributed by atoms with van der Waals surface area (Å²) in [4.78, 5) is 27.4. The van der Waals surface area contributed by atoms with Gasteiger partial charge in [0.2, 0.25) is 0 Å². The van der Waals surface area contributed by atoms with Gasteiger partial charge in [-0.15, -0.1) is 0 Å². The summed E-state index contributed by atoms with van der Waals surface area (Å²) in [7, 11) is 0. The molecule has 2 N–H and O–H groups in total. The Kier molecular flexibility index (Phi) is 3.67. The van der Waals surface area contributed by atoms with Crippen molar-refractivity contribution in [1.29, 1.82) is 0 Å². The minimum atomic E-state index is -1.02. The summed E-state index contributed by atoms with van der Waals surface area (Å²) < 4.78 is 1.60. The first-order valence-corrected chi connectivity index (χ1v) is 6.56. The number of rotatable bonds is 4. The lowest BCUT2D eigenvalue weighted by Gasteiger charge is -2.19. The number of amides is 1. The molecule has 0 spiro atoms. The molecule has 112 valence electrons. The molecule has 0 fully saturated rings. The molecule has 0 aliphatic heterocycles. The predicted octanol–water partition coefficient (Wildman–Crippen LogP) is 1.19. The van der Waals surface area contributed by atoms with Gasteiger partial charge in [-0.2, -0.15) is 5.10 Å². The molecule has 0 radical (unpaired) electrons. The van der Waals surface area contributed by atoms with Gasteiger partial charge in [0.25, 0.3) is 5.91 Å². The standard InChI is InChI=1S/C14H18N4O3/c1-8-5-11-15-6-10(9(2)18(11)17-8)12(19)16-7-14(3,4)13(20)21/h5-6H,7H2,1-4H3,(H,16,19)(H,20,21). The van der Waals surface area contributed by atoms with Crippen LogP contribution < -0.4 is 5.32 Å². The van der Waals surface area contributed by atoms with E-state index in [1.54, 1.807) is 25.3 Å². The first kappa shape index (κ1) is 15.0. The van der Waals surface area contributed by atoms with Crippen LogP contribution in [0.4, 0.5) is 0 Å². The highest BCUT2D eigenvalue weighted by molar-refractivity contribution is 5.95. The monoisotopic (exact) mass is 290 g/mol. The van der Waals surface area contributed by atoms with Crippen LogP contribution in [0.15, 0.2) is 12.3 Å². The zero-order valence-electron chi connectivity index (χ0n) is 12.5. The van der Waals surface area contributed by atoms with Crippen molar-refractivity contribution in [2.45, 2.75) is 27.7 Å². The molecule has 1 amide bonds. The molecule has 0 unspecified atom stereocenters. The van der Waals surface area contributed by atoms with Crippen LogP contribution in [0, 0.1) is 19.3 Å². The fourth-order valence-corrected chi connectivity index (χ4v) is 1.86. The minimum absolute atomic E-state index is 0.0385. The number of nitrogens with one attached hydrogen (secondary N) is 1. The molecule has 7 heteroatoms. The average Bonchev–Trinajstić information content (AvgIpc) is 2.78. The average molecular weight is 290 g/mol. The van der Waals surface area contributed by atoms with Crippen LogP contribution in [0.2, 0.25) is 0 Å². The summed E-state index contributed by atoms with van der Waals surface area (Å²) in [5.41, 5.74) is 1.51. The number of nitrogens with zero attached hydrogens (tertiary/aromatic N) is 3. The number of aryl methyl sites for hydroxylation is 2. The first-order valence-electron chi connectivity index (χ1n) is 6.56. The van der Waals surface area contributed by atoms with Gasteiger partial charge in [0, 0.05) is 18.8 Å². The van der Waals surface area contributed by atoms with Crippen molar-refractivity contribution in [2.75, 3.05) is 6.54 Å². The molecule has 2 rings (SSSR count). The lowest BCUT2D eigenvalue weighted by Crippen LogP contribution is -2.39. The number of carboxylic acids is 1. The van der Waals surface area contributed by atoms with E-state index in [1.807, 2.05) is 13.0 Å². The molecule has 2 aromatic rings. The van der Waals surface area contributed by atoms with Crippen molar-refractivity contribution in [3.63, 3.8) is 0 Å². The van der Waals surface area contributed by atoms with E-state index in [4.69, 9.17) is 5.11 Å². The van der Waals surface area contributed by atoms with Gasteiger partial charge in [0.05, 0.1) is 22.4 Å². The topological polar surface area (TPSA) is 96.6 Å². The highest BCUT2D eigenvalue weighted by Gasteiger charge is 2.28. The van der Waals surface area contributed by atoms with Gasteiger partial charge >= 0.3 is 5.97 Å². The number of fused-ring (bicyclic) bond motifs is 1. The van der Waals surface area contributed by atoms with Gasteiger partial charge in [-0.05, 0) is 27.7 Å². The number of hydrogen-bond acceptors (Lipinski definition) is 4. The molecule has 0 bridgehead atoms. The molecule has 0 aliphatic rings. The van der Waals surface area contributed by atoms with Crippen LogP contribution in [-0.2, 0) is 4.79 Å². The van der Waals surface area contributed by atoms with Gasteiger partial charge in [0.15, 0.2) is 5.65 Å². The lowest BCUT2D eigenvalue weighted by atomic mass is 9.94. The van der Waals surface area contributed by atoms with Gasteiger partial charge in [-0.3, -0.25) is 9.59 Å². The number of carboxylic acid groups (broad SMARTS) is 1. The minimum Gasteiger partial charge on any atom is -0.481 e. The Bertz CT molecular complexity index is 718. The van der Waals surface area contributed by atoms with Gasteiger partial charge < -0.3 is 10.4 Å². The fraction of sp³-hybridized carbons (Fsp3) is 0.429. The SMILES string of the molecule is Cc1cc2ncc(C(=O)NCC(C)(C)C(=O)O)c(C)n2n1. The van der Waals surface area contributed by atoms with Crippen molar-refractivity contribution >= 4 is 17.5 Å². The van der Waals surface area contributed by atoms with Crippen molar-refractivity contribution in [2.24, 2.45) is 5.41 Å². The van der Waals surface area contributed by atoms with Crippen LogP contribution in [-0.4, -0.2) is 38.1 Å². The largest absolute Gasteiger partial charge is 0.481 e. The first-order chi connectivity index (χ1) is 9.72. The summed E-state index contributed by atoms with van der Waals surface area (Å²) in [5.74, 6) is -1.32. The Balaban J connectivity index is 2.24. The molecule has 0 saturated heterocycles. The predicted molar refractivity (Wildman–Crippen MR) is 76.2 cm³/mol.